The van der Waals surface area contributed by atoms with E-state index in [-0.39, 0.29) is 39.2 Å². The van der Waals surface area contributed by atoms with Gasteiger partial charge in [0.25, 0.3) is 6.71 Å². The van der Waals surface area contributed by atoms with Crippen molar-refractivity contribution in [1.82, 2.24) is 0 Å². The summed E-state index contributed by atoms with van der Waals surface area (Å²) in [5, 5.41) is 2.23. The Kier molecular flexibility index (Phi) is 10.9. The SMILES string of the molecule is Cc1cc2c3c(c1)N(c1cccc4c1oc1ccccc14)c1cc(N(c4ccc(C(C)(C)C)cc4)c4ccc(C(C)(C)C)cc4)ccc1B3c1cc3c(cc1N2c1ccc2c(c1)C(C)(C)CC2(C)C)C(C)(C)c1ccccc1C3(C)C. The third-order valence-corrected chi connectivity index (χ3v) is 19.4. The van der Waals surface area contributed by atoms with Gasteiger partial charge in [0, 0.05) is 67.1 Å². The molecule has 0 N–H and O–H groups in total. The van der Waals surface area contributed by atoms with Crippen molar-refractivity contribution in [2.75, 3.05) is 14.7 Å². The van der Waals surface area contributed by atoms with Crippen molar-refractivity contribution in [3.8, 4) is 0 Å². The van der Waals surface area contributed by atoms with Crippen LogP contribution in [0, 0.1) is 6.92 Å². The molecule has 2 aliphatic carbocycles. The molecule has 0 saturated heterocycles. The Hall–Kier alpha value is -7.76. The summed E-state index contributed by atoms with van der Waals surface area (Å²) in [5.41, 5.74) is 27.9. The molecule has 4 aliphatic rings. The van der Waals surface area contributed by atoms with Crippen LogP contribution in [0.5, 0.6) is 0 Å². The lowest BCUT2D eigenvalue weighted by atomic mass is 9.33. The van der Waals surface area contributed by atoms with Gasteiger partial charge in [-0.25, -0.2) is 0 Å². The molecule has 0 saturated carbocycles. The summed E-state index contributed by atoms with van der Waals surface area (Å²) in [4.78, 5) is 7.68. The van der Waals surface area contributed by atoms with E-state index in [2.05, 4.69) is 294 Å². The highest BCUT2D eigenvalue weighted by atomic mass is 16.3. The molecule has 3 heterocycles. The van der Waals surface area contributed by atoms with E-state index in [0.29, 0.717) is 0 Å². The summed E-state index contributed by atoms with van der Waals surface area (Å²) >= 11 is 0. The molecular weight excluding hydrogens is 982 g/mol. The summed E-state index contributed by atoms with van der Waals surface area (Å²) in [6, 6.07) is 67.9. The average molecular weight is 1060 g/mol. The van der Waals surface area contributed by atoms with Gasteiger partial charge in [-0.3, -0.25) is 0 Å². The van der Waals surface area contributed by atoms with E-state index in [4.69, 9.17) is 4.42 Å². The molecule has 5 heteroatoms. The van der Waals surface area contributed by atoms with Crippen LogP contribution in [0.25, 0.3) is 21.9 Å². The first-order valence-corrected chi connectivity index (χ1v) is 29.6. The minimum atomic E-state index is -0.253. The van der Waals surface area contributed by atoms with Crippen LogP contribution >= 0.6 is 0 Å². The number of hydrogen-bond donors (Lipinski definition) is 0. The van der Waals surface area contributed by atoms with Gasteiger partial charge in [-0.15, -0.1) is 0 Å². The van der Waals surface area contributed by atoms with Crippen LogP contribution < -0.4 is 31.1 Å². The van der Waals surface area contributed by atoms with Gasteiger partial charge in [-0.05, 0) is 180 Å². The average Bonchev–Trinajstić information content (AvgIpc) is 3.82. The normalized spacial score (nSPS) is 16.9. The molecule has 0 spiro atoms. The van der Waals surface area contributed by atoms with Crippen molar-refractivity contribution in [2.24, 2.45) is 0 Å². The lowest BCUT2D eigenvalue weighted by Gasteiger charge is -2.48. The zero-order valence-electron chi connectivity index (χ0n) is 50.3. The first-order chi connectivity index (χ1) is 38.3. The van der Waals surface area contributed by atoms with Gasteiger partial charge in [-0.2, -0.15) is 0 Å². The number of furan rings is 1. The van der Waals surface area contributed by atoms with Gasteiger partial charge < -0.3 is 19.1 Å². The largest absolute Gasteiger partial charge is 0.454 e. The number of hydrogen-bond acceptors (Lipinski definition) is 4. The van der Waals surface area contributed by atoms with E-state index < -0.39 is 0 Å². The number of aryl methyl sites for hydroxylation is 1. The summed E-state index contributed by atoms with van der Waals surface area (Å²) in [6.45, 7) is 35.5. The molecule has 2 aliphatic heterocycles. The van der Waals surface area contributed by atoms with E-state index in [0.717, 1.165) is 56.8 Å². The Morgan fingerprint density at radius 1 is 0.432 bits per heavy atom. The molecule has 0 unspecified atom stereocenters. The number of anilines is 9. The number of benzene rings is 9. The first-order valence-electron chi connectivity index (χ1n) is 29.6. The van der Waals surface area contributed by atoms with Gasteiger partial charge in [0.05, 0.1) is 5.69 Å². The minimum Gasteiger partial charge on any atom is -0.454 e. The fourth-order valence-electron chi connectivity index (χ4n) is 15.4. The zero-order valence-corrected chi connectivity index (χ0v) is 50.3. The van der Waals surface area contributed by atoms with E-state index in [1.807, 2.05) is 0 Å². The van der Waals surface area contributed by atoms with E-state index >= 15 is 0 Å². The molecule has 0 amide bonds. The van der Waals surface area contributed by atoms with Crippen LogP contribution in [-0.2, 0) is 32.5 Å². The van der Waals surface area contributed by atoms with Crippen molar-refractivity contribution in [1.29, 1.82) is 0 Å². The highest BCUT2D eigenvalue weighted by Gasteiger charge is 2.49. The van der Waals surface area contributed by atoms with Crippen LogP contribution in [0.15, 0.2) is 180 Å². The van der Waals surface area contributed by atoms with Gasteiger partial charge >= 0.3 is 0 Å². The highest BCUT2D eigenvalue weighted by Crippen LogP contribution is 2.56. The van der Waals surface area contributed by atoms with Crippen molar-refractivity contribution in [2.45, 2.75) is 143 Å². The molecule has 9 aromatic carbocycles. The maximum absolute atomic E-state index is 7.08. The molecule has 1 aromatic heterocycles. The predicted octanol–water partition coefficient (Wildman–Crippen LogP) is 19.0. The highest BCUT2D eigenvalue weighted by molar-refractivity contribution is 7.00. The Labute approximate surface area is 481 Å². The molecule has 404 valence electrons. The standard InChI is InChI=1S/C76H76BN3O/c1-46-39-66-69-67(40-46)80(63-25-20-22-54-53-21-16-19-26-68(53)81-70(54)63)64-42-52(78(49-31-27-47(28-32-49)71(2,3)4)50-33-29-48(30-34-50)72(5,6)7)36-38-61(64)77(69)62-43-59-60(76(14,15)57-24-18-17-23-56(57)75(59,12)13)44-65(62)79(66)51-35-37-55-58(41-51)74(10,11)45-73(55,8)9/h16-44H,45H2,1-15H3. The summed E-state index contributed by atoms with van der Waals surface area (Å²) in [6.07, 6.45) is 1.11. The quantitative estimate of drug-likeness (QED) is 0.160. The summed E-state index contributed by atoms with van der Waals surface area (Å²) < 4.78 is 7.08. The Morgan fingerprint density at radius 3 is 1.60 bits per heavy atom. The van der Waals surface area contributed by atoms with Gasteiger partial charge in [0.2, 0.25) is 0 Å². The van der Waals surface area contributed by atoms with E-state index in [9.17, 15) is 0 Å². The van der Waals surface area contributed by atoms with Crippen molar-refractivity contribution in [3.63, 3.8) is 0 Å². The topological polar surface area (TPSA) is 22.9 Å². The van der Waals surface area contributed by atoms with Gasteiger partial charge in [0.15, 0.2) is 5.58 Å². The monoisotopic (exact) mass is 1060 g/mol. The molecule has 0 bridgehead atoms. The smallest absolute Gasteiger partial charge is 0.252 e. The summed E-state index contributed by atoms with van der Waals surface area (Å²) in [7, 11) is 0. The van der Waals surface area contributed by atoms with Crippen LogP contribution in [0.4, 0.5) is 51.2 Å². The lowest BCUT2D eigenvalue weighted by Crippen LogP contribution is -2.62. The van der Waals surface area contributed by atoms with E-state index in [1.165, 1.54) is 89.2 Å². The first kappa shape index (κ1) is 51.4. The molecule has 10 aromatic rings. The number of rotatable bonds is 5. The van der Waals surface area contributed by atoms with Crippen LogP contribution in [-0.4, -0.2) is 6.71 Å². The Morgan fingerprint density at radius 2 is 0.975 bits per heavy atom. The molecule has 0 radical (unpaired) electrons. The Balaban J connectivity index is 1.08. The number of fused-ring (bicyclic) bond motifs is 10. The molecule has 14 rings (SSSR count). The molecule has 81 heavy (non-hydrogen) atoms. The van der Waals surface area contributed by atoms with Gasteiger partial charge in [-0.1, -0.05) is 194 Å². The fourth-order valence-corrected chi connectivity index (χ4v) is 15.4. The maximum Gasteiger partial charge on any atom is 0.252 e. The Bertz CT molecular complexity index is 4190. The van der Waals surface area contributed by atoms with Gasteiger partial charge in [0.1, 0.15) is 5.58 Å². The minimum absolute atomic E-state index is 0.0135. The second kappa shape index (κ2) is 17.1. The fraction of sp³-hybridized carbons (Fsp3) is 0.289. The molecule has 0 atom stereocenters. The number of para-hydroxylation sites is 2. The number of nitrogens with zero attached hydrogens (tertiary/aromatic N) is 3. The third-order valence-electron chi connectivity index (χ3n) is 19.4. The maximum atomic E-state index is 7.08. The van der Waals surface area contributed by atoms with Crippen molar-refractivity contribution < 1.29 is 4.42 Å². The zero-order chi connectivity index (χ0) is 56.7. The summed E-state index contributed by atoms with van der Waals surface area (Å²) in [5.74, 6) is 0. The lowest BCUT2D eigenvalue weighted by molar-refractivity contribution is 0.403. The van der Waals surface area contributed by atoms with Crippen molar-refractivity contribution >= 4 is 96.2 Å². The van der Waals surface area contributed by atoms with Crippen LogP contribution in [0.3, 0.4) is 0 Å². The van der Waals surface area contributed by atoms with Crippen LogP contribution in [0.1, 0.15) is 153 Å². The third kappa shape index (κ3) is 7.62. The molecular formula is C76H76BN3O. The van der Waals surface area contributed by atoms with Crippen LogP contribution in [0.2, 0.25) is 0 Å². The van der Waals surface area contributed by atoms with E-state index in [1.54, 1.807) is 0 Å². The molecule has 0 fully saturated rings. The second-order valence-corrected chi connectivity index (χ2v) is 28.7. The van der Waals surface area contributed by atoms with Crippen molar-refractivity contribution in [3.05, 3.63) is 226 Å². The molecule has 4 nitrogen and oxygen atoms in total. The second-order valence-electron chi connectivity index (χ2n) is 28.7. The predicted molar refractivity (Wildman–Crippen MR) is 346 cm³/mol.